The van der Waals surface area contributed by atoms with Crippen molar-refractivity contribution in [3.63, 3.8) is 0 Å². The van der Waals surface area contributed by atoms with E-state index in [1.54, 1.807) is 12.3 Å². The fourth-order valence-corrected chi connectivity index (χ4v) is 2.33. The number of amides is 1. The largest absolute Gasteiger partial charge is 0.307 e. The summed E-state index contributed by atoms with van der Waals surface area (Å²) in [5, 5.41) is 2.83. The Balaban J connectivity index is 1.83. The summed E-state index contributed by atoms with van der Waals surface area (Å²) in [4.78, 5) is 16.6. The molecule has 0 aliphatic carbocycles. The Morgan fingerprint density at radius 1 is 0.864 bits per heavy atom. The van der Waals surface area contributed by atoms with Gasteiger partial charge in [0.15, 0.2) is 0 Å². The average molecular weight is 288 g/mol. The highest BCUT2D eigenvalue weighted by molar-refractivity contribution is 6.04. The fourth-order valence-electron chi connectivity index (χ4n) is 2.33. The second-order valence-electron chi connectivity index (χ2n) is 4.99. The van der Waals surface area contributed by atoms with Crippen LogP contribution in [0.4, 0.5) is 5.82 Å². The van der Waals surface area contributed by atoms with Crippen LogP contribution in [0.2, 0.25) is 0 Å². The van der Waals surface area contributed by atoms with Crippen LogP contribution < -0.4 is 5.32 Å². The summed E-state index contributed by atoms with van der Waals surface area (Å²) < 4.78 is 0. The van der Waals surface area contributed by atoms with Crippen LogP contribution in [0.5, 0.6) is 0 Å². The SMILES string of the molecule is O=C(Nc1ccccn1)c1ccccc1Cc1ccccc1. The number of pyridine rings is 1. The fraction of sp³-hybridized carbons (Fsp3) is 0.0526. The third kappa shape index (κ3) is 3.38. The predicted molar refractivity (Wildman–Crippen MR) is 87.9 cm³/mol. The van der Waals surface area contributed by atoms with E-state index >= 15 is 0 Å². The standard InChI is InChI=1S/C19H16N2O/c22-19(21-18-12-6-7-13-20-18)17-11-5-4-10-16(17)14-15-8-2-1-3-9-15/h1-13H,14H2,(H,20,21,22). The molecule has 0 bridgehead atoms. The van der Waals surface area contributed by atoms with Crippen LogP contribution in [0.1, 0.15) is 21.5 Å². The molecule has 0 spiro atoms. The third-order valence-electron chi connectivity index (χ3n) is 3.41. The summed E-state index contributed by atoms with van der Waals surface area (Å²) in [5.74, 6) is 0.423. The van der Waals surface area contributed by atoms with E-state index in [1.165, 1.54) is 5.56 Å². The molecule has 0 aliphatic rings. The van der Waals surface area contributed by atoms with Crippen LogP contribution in [0.3, 0.4) is 0 Å². The van der Waals surface area contributed by atoms with Crippen molar-refractivity contribution in [3.05, 3.63) is 95.7 Å². The quantitative estimate of drug-likeness (QED) is 0.790. The molecule has 0 unspecified atom stereocenters. The molecule has 1 N–H and O–H groups in total. The zero-order valence-electron chi connectivity index (χ0n) is 12.1. The van der Waals surface area contributed by atoms with Gasteiger partial charge in [0.2, 0.25) is 0 Å². The summed E-state index contributed by atoms with van der Waals surface area (Å²) >= 11 is 0. The minimum Gasteiger partial charge on any atom is -0.307 e. The summed E-state index contributed by atoms with van der Waals surface area (Å²) in [7, 11) is 0. The maximum atomic E-state index is 12.5. The first-order valence-corrected chi connectivity index (χ1v) is 7.17. The number of aromatic nitrogens is 1. The van der Waals surface area contributed by atoms with Gasteiger partial charge in [0, 0.05) is 11.8 Å². The molecule has 0 saturated heterocycles. The van der Waals surface area contributed by atoms with Gasteiger partial charge in [-0.15, -0.1) is 0 Å². The molecule has 108 valence electrons. The highest BCUT2D eigenvalue weighted by atomic mass is 16.1. The molecule has 3 nitrogen and oxygen atoms in total. The lowest BCUT2D eigenvalue weighted by atomic mass is 9.99. The molecular formula is C19H16N2O. The predicted octanol–water partition coefficient (Wildman–Crippen LogP) is 3.92. The van der Waals surface area contributed by atoms with E-state index in [1.807, 2.05) is 54.6 Å². The Bertz CT molecular complexity index is 755. The van der Waals surface area contributed by atoms with Gasteiger partial charge in [0.25, 0.3) is 5.91 Å². The molecule has 3 rings (SSSR count). The molecule has 3 heteroatoms. The Labute approximate surface area is 129 Å². The Morgan fingerprint density at radius 3 is 2.36 bits per heavy atom. The molecule has 1 aromatic heterocycles. The minimum atomic E-state index is -0.134. The van der Waals surface area contributed by atoms with Crippen LogP contribution in [0, 0.1) is 0 Å². The van der Waals surface area contributed by atoms with Crippen molar-refractivity contribution in [2.24, 2.45) is 0 Å². The highest BCUT2D eigenvalue weighted by Gasteiger charge is 2.11. The van der Waals surface area contributed by atoms with E-state index in [-0.39, 0.29) is 5.91 Å². The van der Waals surface area contributed by atoms with E-state index < -0.39 is 0 Å². The van der Waals surface area contributed by atoms with Gasteiger partial charge < -0.3 is 5.32 Å². The van der Waals surface area contributed by atoms with Crippen molar-refractivity contribution in [3.8, 4) is 0 Å². The number of carbonyl (C=O) groups excluding carboxylic acids is 1. The average Bonchev–Trinajstić information content (AvgIpc) is 2.57. The van der Waals surface area contributed by atoms with Crippen molar-refractivity contribution in [2.75, 3.05) is 5.32 Å². The van der Waals surface area contributed by atoms with E-state index in [4.69, 9.17) is 0 Å². The lowest BCUT2D eigenvalue weighted by Gasteiger charge is -2.10. The normalized spacial score (nSPS) is 10.2. The topological polar surface area (TPSA) is 42.0 Å². The number of benzene rings is 2. The number of nitrogens with one attached hydrogen (secondary N) is 1. The van der Waals surface area contributed by atoms with Gasteiger partial charge in [-0.3, -0.25) is 4.79 Å². The Morgan fingerprint density at radius 2 is 1.59 bits per heavy atom. The van der Waals surface area contributed by atoms with E-state index in [9.17, 15) is 4.79 Å². The molecule has 1 heterocycles. The van der Waals surface area contributed by atoms with Crippen LogP contribution in [0.15, 0.2) is 79.0 Å². The van der Waals surface area contributed by atoms with Crippen molar-refractivity contribution in [1.82, 2.24) is 4.98 Å². The Hall–Kier alpha value is -2.94. The second kappa shape index (κ2) is 6.68. The van der Waals surface area contributed by atoms with Gasteiger partial charge in [0.1, 0.15) is 5.82 Å². The first kappa shape index (κ1) is 14.0. The summed E-state index contributed by atoms with van der Waals surface area (Å²) in [6, 6.07) is 23.2. The summed E-state index contributed by atoms with van der Waals surface area (Å²) in [6.07, 6.45) is 2.39. The van der Waals surface area contributed by atoms with Crippen LogP contribution in [-0.2, 0) is 6.42 Å². The van der Waals surface area contributed by atoms with Gasteiger partial charge in [-0.25, -0.2) is 4.98 Å². The Kier molecular flexibility index (Phi) is 4.25. The summed E-state index contributed by atoms with van der Waals surface area (Å²) in [6.45, 7) is 0. The molecule has 2 aromatic carbocycles. The molecule has 0 radical (unpaired) electrons. The molecule has 1 amide bonds. The third-order valence-corrected chi connectivity index (χ3v) is 3.41. The second-order valence-corrected chi connectivity index (χ2v) is 4.99. The van der Waals surface area contributed by atoms with Crippen molar-refractivity contribution >= 4 is 11.7 Å². The molecule has 0 aliphatic heterocycles. The van der Waals surface area contributed by atoms with Gasteiger partial charge in [-0.1, -0.05) is 54.6 Å². The zero-order chi connectivity index (χ0) is 15.2. The van der Waals surface area contributed by atoms with Crippen molar-refractivity contribution in [2.45, 2.75) is 6.42 Å². The van der Waals surface area contributed by atoms with Gasteiger partial charge in [-0.2, -0.15) is 0 Å². The van der Waals surface area contributed by atoms with Crippen molar-refractivity contribution in [1.29, 1.82) is 0 Å². The number of nitrogens with zero attached hydrogens (tertiary/aromatic N) is 1. The van der Waals surface area contributed by atoms with Gasteiger partial charge >= 0.3 is 0 Å². The number of hydrogen-bond donors (Lipinski definition) is 1. The smallest absolute Gasteiger partial charge is 0.257 e. The number of carbonyl (C=O) groups is 1. The van der Waals surface area contributed by atoms with E-state index in [0.717, 1.165) is 12.0 Å². The molecule has 0 saturated carbocycles. The maximum Gasteiger partial charge on any atom is 0.257 e. The highest BCUT2D eigenvalue weighted by Crippen LogP contribution is 2.16. The maximum absolute atomic E-state index is 12.5. The first-order chi connectivity index (χ1) is 10.8. The minimum absolute atomic E-state index is 0.134. The van der Waals surface area contributed by atoms with E-state index in [2.05, 4.69) is 22.4 Å². The molecule has 0 fully saturated rings. The van der Waals surface area contributed by atoms with E-state index in [0.29, 0.717) is 11.4 Å². The molecule has 3 aromatic rings. The van der Waals surface area contributed by atoms with Crippen LogP contribution >= 0.6 is 0 Å². The number of hydrogen-bond acceptors (Lipinski definition) is 2. The van der Waals surface area contributed by atoms with Gasteiger partial charge in [-0.05, 0) is 35.7 Å². The number of rotatable bonds is 4. The molecular weight excluding hydrogens is 272 g/mol. The zero-order valence-corrected chi connectivity index (χ0v) is 12.1. The molecule has 22 heavy (non-hydrogen) atoms. The van der Waals surface area contributed by atoms with Crippen molar-refractivity contribution < 1.29 is 4.79 Å². The summed E-state index contributed by atoms with van der Waals surface area (Å²) in [5.41, 5.74) is 2.86. The number of anilines is 1. The lowest BCUT2D eigenvalue weighted by Crippen LogP contribution is -2.15. The van der Waals surface area contributed by atoms with Gasteiger partial charge in [0.05, 0.1) is 0 Å². The first-order valence-electron chi connectivity index (χ1n) is 7.17. The van der Waals surface area contributed by atoms with Crippen LogP contribution in [0.25, 0.3) is 0 Å². The monoisotopic (exact) mass is 288 g/mol. The molecule has 0 atom stereocenters. The van der Waals surface area contributed by atoms with Crippen LogP contribution in [-0.4, -0.2) is 10.9 Å². The lowest BCUT2D eigenvalue weighted by molar-refractivity contribution is 0.102.